The predicted octanol–water partition coefficient (Wildman–Crippen LogP) is 2.11. The largest absolute Gasteiger partial charge is 0.390 e. The molecule has 140 valence electrons. The molecular formula is C19H27N5O2. The van der Waals surface area contributed by atoms with Gasteiger partial charge in [-0.3, -0.25) is 9.13 Å². The van der Waals surface area contributed by atoms with Crippen LogP contribution in [0, 0.1) is 0 Å². The second kappa shape index (κ2) is 5.55. The van der Waals surface area contributed by atoms with E-state index in [1.165, 1.54) is 0 Å². The van der Waals surface area contributed by atoms with Crippen LogP contribution in [0.1, 0.15) is 64.1 Å². The first-order valence-corrected chi connectivity index (χ1v) is 10.0. The summed E-state index contributed by atoms with van der Waals surface area (Å²) >= 11 is 0. The molecule has 3 aliphatic heterocycles. The SMILES string of the molecule is CCCn1c2nc(C34CCC(O)(CC3)CC4)nc-2c2n(c1=O)CCCN2. The van der Waals surface area contributed by atoms with Gasteiger partial charge in [0.05, 0.1) is 5.60 Å². The van der Waals surface area contributed by atoms with Gasteiger partial charge in [-0.15, -0.1) is 0 Å². The summed E-state index contributed by atoms with van der Waals surface area (Å²) in [7, 11) is 0. The number of nitrogens with one attached hydrogen (secondary N) is 1. The van der Waals surface area contributed by atoms with E-state index < -0.39 is 5.60 Å². The Hall–Kier alpha value is -1.89. The van der Waals surface area contributed by atoms with E-state index in [4.69, 9.17) is 9.97 Å². The quantitative estimate of drug-likeness (QED) is 0.879. The molecular weight excluding hydrogens is 330 g/mol. The summed E-state index contributed by atoms with van der Waals surface area (Å²) in [5.41, 5.74) is 0.373. The highest BCUT2D eigenvalue weighted by Gasteiger charge is 2.51. The van der Waals surface area contributed by atoms with Gasteiger partial charge in [-0.25, -0.2) is 14.8 Å². The number of hydrogen-bond donors (Lipinski definition) is 2. The maximum atomic E-state index is 13.0. The summed E-state index contributed by atoms with van der Waals surface area (Å²) in [5.74, 6) is 2.45. The lowest BCUT2D eigenvalue weighted by Crippen LogP contribution is -2.48. The summed E-state index contributed by atoms with van der Waals surface area (Å²) in [5, 5.41) is 13.9. The van der Waals surface area contributed by atoms with Crippen LogP contribution in [0.3, 0.4) is 0 Å². The van der Waals surface area contributed by atoms with Gasteiger partial charge in [0.15, 0.2) is 5.82 Å². The van der Waals surface area contributed by atoms with Crippen LogP contribution < -0.4 is 11.0 Å². The van der Waals surface area contributed by atoms with Crippen LogP contribution in [0.4, 0.5) is 5.82 Å². The molecule has 0 saturated heterocycles. The van der Waals surface area contributed by atoms with Gasteiger partial charge in [0.2, 0.25) is 0 Å². The molecule has 7 nitrogen and oxygen atoms in total. The Labute approximate surface area is 152 Å². The third kappa shape index (κ3) is 2.19. The molecule has 3 heterocycles. The number of hydrogen-bond acceptors (Lipinski definition) is 5. The maximum absolute atomic E-state index is 13.0. The topological polar surface area (TPSA) is 85.0 Å². The lowest BCUT2D eigenvalue weighted by atomic mass is 9.58. The summed E-state index contributed by atoms with van der Waals surface area (Å²) in [4.78, 5) is 22.9. The normalized spacial score (nSPS) is 30.4. The third-order valence-corrected chi connectivity index (χ3v) is 6.83. The lowest BCUT2D eigenvalue weighted by Gasteiger charge is -2.49. The smallest absolute Gasteiger partial charge is 0.331 e. The van der Waals surface area contributed by atoms with Gasteiger partial charge >= 0.3 is 5.69 Å². The lowest BCUT2D eigenvalue weighted by molar-refractivity contribution is -0.0677. The maximum Gasteiger partial charge on any atom is 0.331 e. The fourth-order valence-corrected chi connectivity index (χ4v) is 5.14. The standard InChI is InChI=1S/C19H27N5O2/c1-2-11-23-15-13(14-20-10-3-12-24(14)17(23)25)21-16(22-15)18-4-7-19(26,8-5-18)9-6-18/h20,26H,2-12H2,1H3. The van der Waals surface area contributed by atoms with Crippen LogP contribution >= 0.6 is 0 Å². The van der Waals surface area contributed by atoms with Gasteiger partial charge in [-0.05, 0) is 51.4 Å². The second-order valence-corrected chi connectivity index (χ2v) is 8.44. The minimum Gasteiger partial charge on any atom is -0.390 e. The van der Waals surface area contributed by atoms with E-state index in [2.05, 4.69) is 12.2 Å². The zero-order chi connectivity index (χ0) is 17.9. The average Bonchev–Trinajstić information content (AvgIpc) is 3.12. The Morgan fingerprint density at radius 1 is 1.15 bits per heavy atom. The molecule has 0 aromatic heterocycles. The van der Waals surface area contributed by atoms with E-state index in [1.54, 1.807) is 4.57 Å². The van der Waals surface area contributed by atoms with Gasteiger partial charge in [-0.2, -0.15) is 0 Å². The van der Waals surface area contributed by atoms with E-state index in [1.807, 2.05) is 4.57 Å². The molecule has 3 aliphatic carbocycles. The van der Waals surface area contributed by atoms with Gasteiger partial charge in [0.1, 0.15) is 17.3 Å². The molecule has 0 unspecified atom stereocenters. The second-order valence-electron chi connectivity index (χ2n) is 8.44. The summed E-state index contributed by atoms with van der Waals surface area (Å²) < 4.78 is 3.64. The number of nitrogens with zero attached hydrogens (tertiary/aromatic N) is 4. The predicted molar refractivity (Wildman–Crippen MR) is 98.6 cm³/mol. The average molecular weight is 357 g/mol. The summed E-state index contributed by atoms with van der Waals surface area (Å²) in [6.07, 6.45) is 7.19. The number of anilines is 1. The van der Waals surface area contributed by atoms with Crippen LogP contribution in [0.25, 0.3) is 11.5 Å². The first-order valence-electron chi connectivity index (χ1n) is 10.0. The van der Waals surface area contributed by atoms with Crippen LogP contribution in [0.15, 0.2) is 4.79 Å². The minimum absolute atomic E-state index is 0.0205. The summed E-state index contributed by atoms with van der Waals surface area (Å²) in [6, 6.07) is 0. The van der Waals surface area contributed by atoms with E-state index in [-0.39, 0.29) is 11.1 Å². The highest BCUT2D eigenvalue weighted by Crippen LogP contribution is 2.53. The Bertz CT molecular complexity index is 858. The summed E-state index contributed by atoms with van der Waals surface area (Å²) in [6.45, 7) is 4.36. The van der Waals surface area contributed by atoms with E-state index in [9.17, 15) is 9.90 Å². The van der Waals surface area contributed by atoms with Crippen LogP contribution in [0.2, 0.25) is 0 Å². The molecule has 0 amide bonds. The Morgan fingerprint density at radius 2 is 1.88 bits per heavy atom. The van der Waals surface area contributed by atoms with Crippen molar-refractivity contribution in [1.82, 2.24) is 19.1 Å². The van der Waals surface area contributed by atoms with Crippen molar-refractivity contribution in [2.75, 3.05) is 11.9 Å². The molecule has 0 atom stereocenters. The number of rotatable bonds is 3. The molecule has 6 aliphatic rings. The molecule has 0 spiro atoms. The highest BCUT2D eigenvalue weighted by atomic mass is 16.3. The molecule has 6 rings (SSSR count). The van der Waals surface area contributed by atoms with E-state index >= 15 is 0 Å². The van der Waals surface area contributed by atoms with Crippen molar-refractivity contribution < 1.29 is 5.11 Å². The van der Waals surface area contributed by atoms with Crippen molar-refractivity contribution in [2.24, 2.45) is 0 Å². The van der Waals surface area contributed by atoms with Crippen molar-refractivity contribution in [1.29, 1.82) is 0 Å². The first kappa shape index (κ1) is 16.3. The minimum atomic E-state index is -0.464. The number of imidazole rings is 1. The Morgan fingerprint density at radius 3 is 2.58 bits per heavy atom. The molecule has 2 bridgehead atoms. The molecule has 26 heavy (non-hydrogen) atoms. The van der Waals surface area contributed by atoms with Crippen LogP contribution in [0.5, 0.6) is 0 Å². The fraction of sp³-hybridized carbons (Fsp3) is 0.737. The van der Waals surface area contributed by atoms with Crippen molar-refractivity contribution in [3.05, 3.63) is 16.3 Å². The Kier molecular flexibility index (Phi) is 3.48. The van der Waals surface area contributed by atoms with Crippen LogP contribution in [-0.2, 0) is 18.5 Å². The molecule has 0 aromatic carbocycles. The van der Waals surface area contributed by atoms with Gasteiger partial charge < -0.3 is 10.4 Å². The van der Waals surface area contributed by atoms with Crippen molar-refractivity contribution >= 4 is 5.82 Å². The van der Waals surface area contributed by atoms with Crippen molar-refractivity contribution in [3.63, 3.8) is 0 Å². The Balaban J connectivity index is 1.69. The van der Waals surface area contributed by atoms with Gasteiger partial charge in [0.25, 0.3) is 0 Å². The van der Waals surface area contributed by atoms with Crippen LogP contribution in [-0.4, -0.2) is 36.4 Å². The molecule has 3 saturated carbocycles. The van der Waals surface area contributed by atoms with E-state index in [0.29, 0.717) is 6.54 Å². The van der Waals surface area contributed by atoms with Gasteiger partial charge in [0, 0.05) is 25.0 Å². The zero-order valence-corrected chi connectivity index (χ0v) is 15.4. The number of aromatic nitrogens is 4. The molecule has 7 heteroatoms. The number of fused-ring (bicyclic) bond motifs is 6. The molecule has 2 N–H and O–H groups in total. The van der Waals surface area contributed by atoms with E-state index in [0.717, 1.165) is 87.6 Å². The fourth-order valence-electron chi connectivity index (χ4n) is 5.14. The highest BCUT2D eigenvalue weighted by molar-refractivity contribution is 5.69. The van der Waals surface area contributed by atoms with Crippen molar-refractivity contribution in [3.8, 4) is 11.5 Å². The third-order valence-electron chi connectivity index (χ3n) is 6.83. The first-order chi connectivity index (χ1) is 12.6. The number of aliphatic hydroxyl groups is 1. The molecule has 0 aromatic rings. The molecule has 0 radical (unpaired) electrons. The molecule has 3 fully saturated rings. The zero-order valence-electron chi connectivity index (χ0n) is 15.4. The van der Waals surface area contributed by atoms with Gasteiger partial charge in [-0.1, -0.05) is 6.92 Å². The monoisotopic (exact) mass is 357 g/mol. The van der Waals surface area contributed by atoms with Crippen molar-refractivity contribution in [2.45, 2.75) is 82.4 Å².